The van der Waals surface area contributed by atoms with Crippen LogP contribution in [0.1, 0.15) is 15.9 Å². The van der Waals surface area contributed by atoms with Gasteiger partial charge in [0, 0.05) is 49.2 Å². The molecule has 1 aliphatic rings. The average molecular weight is 488 g/mol. The average Bonchev–Trinajstić information content (AvgIpc) is 3.40. The Labute approximate surface area is 216 Å². The first-order chi connectivity index (χ1) is 18.2. The van der Waals surface area contributed by atoms with E-state index in [2.05, 4.69) is 45.9 Å². The zero-order valence-corrected chi connectivity index (χ0v) is 20.6. The standard InChI is InChI=1S/C32H29N3O2/c36-32(25-15-13-24(14-16-25)23-7-2-1-3-8-23)34-29-11-5-4-10-27(29)31-21-28-26(9-6-12-30(28)37-31)22-35-19-17-33-18-20-35/h1-16,21,33H,17-20,22H2,(H,34,36). The Bertz CT molecular complexity index is 1520. The van der Waals surface area contributed by atoms with E-state index in [4.69, 9.17) is 4.42 Å². The molecule has 1 aromatic heterocycles. The summed E-state index contributed by atoms with van der Waals surface area (Å²) in [6, 6.07) is 34.0. The second-order valence-electron chi connectivity index (χ2n) is 9.41. The van der Waals surface area contributed by atoms with Crippen LogP contribution in [0.15, 0.2) is 108 Å². The van der Waals surface area contributed by atoms with Gasteiger partial charge in [0.05, 0.1) is 5.69 Å². The largest absolute Gasteiger partial charge is 0.456 e. The maximum absolute atomic E-state index is 13.1. The van der Waals surface area contributed by atoms with Crippen molar-refractivity contribution in [3.63, 3.8) is 0 Å². The van der Waals surface area contributed by atoms with E-state index in [1.807, 2.05) is 72.8 Å². The molecule has 1 amide bonds. The molecule has 6 rings (SSSR count). The summed E-state index contributed by atoms with van der Waals surface area (Å²) in [5.74, 6) is 0.598. The summed E-state index contributed by atoms with van der Waals surface area (Å²) >= 11 is 0. The molecule has 5 nitrogen and oxygen atoms in total. The van der Waals surface area contributed by atoms with Gasteiger partial charge in [0.1, 0.15) is 11.3 Å². The fourth-order valence-electron chi connectivity index (χ4n) is 4.95. The second kappa shape index (κ2) is 10.4. The minimum Gasteiger partial charge on any atom is -0.456 e. The Balaban J connectivity index is 1.25. The van der Waals surface area contributed by atoms with E-state index in [1.54, 1.807) is 0 Å². The quantitative estimate of drug-likeness (QED) is 0.290. The van der Waals surface area contributed by atoms with E-state index in [9.17, 15) is 4.79 Å². The highest BCUT2D eigenvalue weighted by Gasteiger charge is 2.17. The van der Waals surface area contributed by atoms with Gasteiger partial charge in [-0.25, -0.2) is 0 Å². The smallest absolute Gasteiger partial charge is 0.255 e. The molecule has 0 bridgehead atoms. The van der Waals surface area contributed by atoms with Crippen LogP contribution in [0.4, 0.5) is 5.69 Å². The van der Waals surface area contributed by atoms with Crippen molar-refractivity contribution in [1.82, 2.24) is 10.2 Å². The van der Waals surface area contributed by atoms with Crippen molar-refractivity contribution in [2.24, 2.45) is 0 Å². The van der Waals surface area contributed by atoms with Crippen molar-refractivity contribution >= 4 is 22.6 Å². The van der Waals surface area contributed by atoms with Gasteiger partial charge in [-0.1, -0.05) is 66.7 Å². The molecule has 184 valence electrons. The molecule has 2 heterocycles. The number of piperazine rings is 1. The maximum atomic E-state index is 13.1. The predicted octanol–water partition coefficient (Wildman–Crippen LogP) is 6.42. The Morgan fingerprint density at radius 1 is 0.811 bits per heavy atom. The lowest BCUT2D eigenvalue weighted by Crippen LogP contribution is -2.42. The molecule has 0 radical (unpaired) electrons. The molecule has 1 fully saturated rings. The first-order valence-corrected chi connectivity index (χ1v) is 12.8. The summed E-state index contributed by atoms with van der Waals surface area (Å²) in [6.45, 7) is 5.03. The number of rotatable bonds is 6. The van der Waals surface area contributed by atoms with Crippen LogP contribution in [-0.4, -0.2) is 37.0 Å². The lowest BCUT2D eigenvalue weighted by Gasteiger charge is -2.27. The fraction of sp³-hybridized carbons (Fsp3) is 0.156. The van der Waals surface area contributed by atoms with Gasteiger partial charge < -0.3 is 15.1 Å². The van der Waals surface area contributed by atoms with Crippen molar-refractivity contribution in [1.29, 1.82) is 0 Å². The van der Waals surface area contributed by atoms with Crippen LogP contribution in [0.3, 0.4) is 0 Å². The number of benzene rings is 4. The van der Waals surface area contributed by atoms with E-state index in [0.29, 0.717) is 5.56 Å². The number of anilines is 1. The Morgan fingerprint density at radius 3 is 2.35 bits per heavy atom. The second-order valence-corrected chi connectivity index (χ2v) is 9.41. The van der Waals surface area contributed by atoms with E-state index >= 15 is 0 Å². The number of carbonyl (C=O) groups excluding carboxylic acids is 1. The summed E-state index contributed by atoms with van der Waals surface area (Å²) in [5.41, 5.74) is 6.52. The van der Waals surface area contributed by atoms with Crippen LogP contribution < -0.4 is 10.6 Å². The Hall–Kier alpha value is -4.19. The molecule has 5 aromatic rings. The number of hydrogen-bond donors (Lipinski definition) is 2. The summed E-state index contributed by atoms with van der Waals surface area (Å²) in [4.78, 5) is 15.6. The third-order valence-electron chi connectivity index (χ3n) is 6.95. The highest BCUT2D eigenvalue weighted by molar-refractivity contribution is 6.06. The van der Waals surface area contributed by atoms with Gasteiger partial charge in [-0.05, 0) is 53.1 Å². The maximum Gasteiger partial charge on any atom is 0.255 e. The number of carbonyl (C=O) groups is 1. The summed E-state index contributed by atoms with van der Waals surface area (Å²) in [7, 11) is 0. The number of hydrogen-bond acceptors (Lipinski definition) is 4. The number of amides is 1. The third kappa shape index (κ3) is 5.05. The van der Waals surface area contributed by atoms with Crippen molar-refractivity contribution in [3.8, 4) is 22.5 Å². The summed E-state index contributed by atoms with van der Waals surface area (Å²) in [6.07, 6.45) is 0. The van der Waals surface area contributed by atoms with Crippen molar-refractivity contribution in [2.45, 2.75) is 6.54 Å². The van der Waals surface area contributed by atoms with E-state index < -0.39 is 0 Å². The van der Waals surface area contributed by atoms with E-state index in [1.165, 1.54) is 5.56 Å². The molecule has 4 aromatic carbocycles. The molecule has 1 aliphatic heterocycles. The zero-order valence-electron chi connectivity index (χ0n) is 20.6. The molecule has 0 atom stereocenters. The number of nitrogens with zero attached hydrogens (tertiary/aromatic N) is 1. The van der Waals surface area contributed by atoms with Crippen LogP contribution in [0, 0.1) is 0 Å². The molecule has 0 aliphatic carbocycles. The normalized spacial score (nSPS) is 14.1. The van der Waals surface area contributed by atoms with Crippen molar-refractivity contribution < 1.29 is 9.21 Å². The highest BCUT2D eigenvalue weighted by atomic mass is 16.3. The third-order valence-corrected chi connectivity index (χ3v) is 6.95. The molecule has 0 unspecified atom stereocenters. The van der Waals surface area contributed by atoms with Crippen LogP contribution in [0.5, 0.6) is 0 Å². The lowest BCUT2D eigenvalue weighted by molar-refractivity contribution is 0.102. The molecular formula is C32H29N3O2. The number of nitrogens with one attached hydrogen (secondary N) is 2. The Kier molecular flexibility index (Phi) is 6.55. The first kappa shape index (κ1) is 23.2. The minimum absolute atomic E-state index is 0.150. The van der Waals surface area contributed by atoms with Crippen molar-refractivity contribution in [2.75, 3.05) is 31.5 Å². The number of furan rings is 1. The predicted molar refractivity (Wildman–Crippen MR) is 150 cm³/mol. The number of fused-ring (bicyclic) bond motifs is 1. The van der Waals surface area contributed by atoms with E-state index in [-0.39, 0.29) is 5.91 Å². The van der Waals surface area contributed by atoms with Crippen molar-refractivity contribution in [3.05, 3.63) is 114 Å². The van der Waals surface area contributed by atoms with Gasteiger partial charge in [-0.15, -0.1) is 0 Å². The van der Waals surface area contributed by atoms with Gasteiger partial charge in [-0.2, -0.15) is 0 Å². The fourth-order valence-corrected chi connectivity index (χ4v) is 4.95. The lowest BCUT2D eigenvalue weighted by atomic mass is 10.0. The molecule has 0 saturated carbocycles. The summed E-state index contributed by atoms with van der Waals surface area (Å²) < 4.78 is 6.29. The minimum atomic E-state index is -0.150. The van der Waals surface area contributed by atoms with Crippen LogP contribution in [-0.2, 0) is 6.54 Å². The van der Waals surface area contributed by atoms with E-state index in [0.717, 1.165) is 71.8 Å². The molecule has 1 saturated heterocycles. The highest BCUT2D eigenvalue weighted by Crippen LogP contribution is 2.34. The van der Waals surface area contributed by atoms with Gasteiger partial charge in [0.2, 0.25) is 0 Å². The van der Waals surface area contributed by atoms with Gasteiger partial charge in [0.25, 0.3) is 5.91 Å². The molecular weight excluding hydrogens is 458 g/mol. The summed E-state index contributed by atoms with van der Waals surface area (Å²) in [5, 5.41) is 7.63. The van der Waals surface area contributed by atoms with Gasteiger partial charge >= 0.3 is 0 Å². The molecule has 0 spiro atoms. The first-order valence-electron chi connectivity index (χ1n) is 12.8. The Morgan fingerprint density at radius 2 is 1.54 bits per heavy atom. The van der Waals surface area contributed by atoms with Crippen LogP contribution in [0.2, 0.25) is 0 Å². The monoisotopic (exact) mass is 487 g/mol. The van der Waals surface area contributed by atoms with Gasteiger partial charge in [-0.3, -0.25) is 9.69 Å². The van der Waals surface area contributed by atoms with Crippen LogP contribution >= 0.6 is 0 Å². The molecule has 2 N–H and O–H groups in total. The molecule has 5 heteroatoms. The zero-order chi connectivity index (χ0) is 25.0. The molecule has 37 heavy (non-hydrogen) atoms. The van der Waals surface area contributed by atoms with Crippen LogP contribution in [0.25, 0.3) is 33.4 Å². The SMILES string of the molecule is O=C(Nc1ccccc1-c1cc2c(CN3CCNCC3)cccc2o1)c1ccc(-c2ccccc2)cc1. The number of para-hydroxylation sites is 1. The van der Waals surface area contributed by atoms with Gasteiger partial charge in [0.15, 0.2) is 0 Å². The topological polar surface area (TPSA) is 57.5 Å².